The Morgan fingerprint density at radius 3 is 2.06 bits per heavy atom. The lowest BCUT2D eigenvalue weighted by atomic mass is 9.99. The molecule has 4 aromatic rings. The van der Waals surface area contributed by atoms with Gasteiger partial charge in [0.25, 0.3) is 0 Å². The normalized spacial score (nSPS) is 14.7. The number of imidazole rings is 1. The van der Waals surface area contributed by atoms with E-state index in [0.717, 1.165) is 42.1 Å². The topological polar surface area (TPSA) is 53.1 Å². The quantitative estimate of drug-likeness (QED) is 0.453. The van der Waals surface area contributed by atoms with Crippen LogP contribution in [0.1, 0.15) is 36.1 Å². The van der Waals surface area contributed by atoms with Gasteiger partial charge in [0.15, 0.2) is 5.11 Å². The molecule has 2 N–H and O–H groups in total. The SMILES string of the molecule is O=c1[nH]c2ccccc2n1C1CCN(C(=S)NC(c2ccccc2)c2ccccc2)CC1. The number of H-pyrrole nitrogens is 1. The molecule has 0 radical (unpaired) electrons. The predicted molar refractivity (Wildman–Crippen MR) is 133 cm³/mol. The van der Waals surface area contributed by atoms with Crippen LogP contribution < -0.4 is 11.0 Å². The molecule has 32 heavy (non-hydrogen) atoms. The third-order valence-corrected chi connectivity index (χ3v) is 6.65. The van der Waals surface area contributed by atoms with Crippen LogP contribution in [-0.4, -0.2) is 32.7 Å². The number of hydrogen-bond donors (Lipinski definition) is 2. The Morgan fingerprint density at radius 1 is 0.875 bits per heavy atom. The Morgan fingerprint density at radius 2 is 1.44 bits per heavy atom. The molecular weight excluding hydrogens is 416 g/mol. The van der Waals surface area contributed by atoms with Crippen molar-refractivity contribution in [1.82, 2.24) is 19.8 Å². The number of thiocarbonyl (C=S) groups is 1. The van der Waals surface area contributed by atoms with Gasteiger partial charge >= 0.3 is 5.69 Å². The summed E-state index contributed by atoms with van der Waals surface area (Å²) in [6.07, 6.45) is 1.76. The summed E-state index contributed by atoms with van der Waals surface area (Å²) in [7, 11) is 0. The molecule has 5 nitrogen and oxygen atoms in total. The van der Waals surface area contributed by atoms with Crippen LogP contribution in [0.25, 0.3) is 11.0 Å². The lowest BCUT2D eigenvalue weighted by Crippen LogP contribution is -2.46. The Bertz CT molecular complexity index is 1220. The molecule has 3 aromatic carbocycles. The second kappa shape index (κ2) is 9.01. The maximum absolute atomic E-state index is 12.6. The van der Waals surface area contributed by atoms with Crippen LogP contribution >= 0.6 is 12.2 Å². The summed E-state index contributed by atoms with van der Waals surface area (Å²) < 4.78 is 1.92. The first-order chi connectivity index (χ1) is 15.7. The second-order valence-electron chi connectivity index (χ2n) is 8.24. The number of benzene rings is 3. The zero-order valence-corrected chi connectivity index (χ0v) is 18.6. The molecule has 0 spiro atoms. The Hall–Kier alpha value is -3.38. The molecular formula is C26H26N4OS. The lowest BCUT2D eigenvalue weighted by molar-refractivity contribution is 0.264. The van der Waals surface area contributed by atoms with Crippen molar-refractivity contribution >= 4 is 28.4 Å². The number of para-hydroxylation sites is 2. The standard InChI is InChI=1S/C26H26N4OS/c31-25-27-22-13-7-8-14-23(22)30(25)21-15-17-29(18-16-21)26(32)28-24(19-9-3-1-4-10-19)20-11-5-2-6-12-20/h1-14,21,24H,15-18H2,(H,27,31)(H,28,32). The molecule has 5 rings (SSSR count). The summed E-state index contributed by atoms with van der Waals surface area (Å²) >= 11 is 5.83. The molecule has 2 heterocycles. The van der Waals surface area contributed by atoms with E-state index in [4.69, 9.17) is 12.2 Å². The van der Waals surface area contributed by atoms with Crippen molar-refractivity contribution in [1.29, 1.82) is 0 Å². The first-order valence-electron chi connectivity index (χ1n) is 11.1. The van der Waals surface area contributed by atoms with Crippen LogP contribution in [0.4, 0.5) is 0 Å². The molecule has 0 saturated carbocycles. The van der Waals surface area contributed by atoms with Crippen LogP contribution in [-0.2, 0) is 0 Å². The fourth-order valence-electron chi connectivity index (χ4n) is 4.63. The minimum Gasteiger partial charge on any atom is -0.352 e. The van der Waals surface area contributed by atoms with Gasteiger partial charge < -0.3 is 15.2 Å². The summed E-state index contributed by atoms with van der Waals surface area (Å²) in [5, 5.41) is 4.35. The first kappa shape index (κ1) is 20.5. The third kappa shape index (κ3) is 4.06. The van der Waals surface area contributed by atoms with Crippen LogP contribution in [0.3, 0.4) is 0 Å². The molecule has 0 aliphatic carbocycles. The highest BCUT2D eigenvalue weighted by Crippen LogP contribution is 2.26. The highest BCUT2D eigenvalue weighted by molar-refractivity contribution is 7.80. The fraction of sp³-hybridized carbons (Fsp3) is 0.231. The maximum Gasteiger partial charge on any atom is 0.326 e. The van der Waals surface area contributed by atoms with E-state index < -0.39 is 0 Å². The largest absolute Gasteiger partial charge is 0.352 e. The molecule has 1 fully saturated rings. The average Bonchev–Trinajstić information content (AvgIpc) is 3.19. The minimum atomic E-state index is -0.0291. The number of aromatic amines is 1. The fourth-order valence-corrected chi connectivity index (χ4v) is 4.93. The number of nitrogens with zero attached hydrogens (tertiary/aromatic N) is 2. The van der Waals surface area contributed by atoms with Gasteiger partial charge in [0.05, 0.1) is 17.1 Å². The van der Waals surface area contributed by atoms with Crippen molar-refractivity contribution in [3.63, 3.8) is 0 Å². The maximum atomic E-state index is 12.6. The van der Waals surface area contributed by atoms with E-state index in [1.54, 1.807) is 0 Å². The molecule has 6 heteroatoms. The van der Waals surface area contributed by atoms with Gasteiger partial charge in [-0.15, -0.1) is 0 Å². The third-order valence-electron chi connectivity index (χ3n) is 6.27. The lowest BCUT2D eigenvalue weighted by Gasteiger charge is -2.35. The molecule has 0 amide bonds. The highest BCUT2D eigenvalue weighted by atomic mass is 32.1. The number of likely N-dealkylation sites (tertiary alicyclic amines) is 1. The Kier molecular flexibility index (Phi) is 5.77. The Balaban J connectivity index is 1.30. The Labute approximate surface area is 192 Å². The van der Waals surface area contributed by atoms with Crippen molar-refractivity contribution in [2.75, 3.05) is 13.1 Å². The van der Waals surface area contributed by atoms with E-state index in [-0.39, 0.29) is 17.8 Å². The molecule has 0 bridgehead atoms. The average molecular weight is 443 g/mol. The smallest absolute Gasteiger partial charge is 0.326 e. The van der Waals surface area contributed by atoms with Crippen molar-refractivity contribution < 1.29 is 0 Å². The summed E-state index contributed by atoms with van der Waals surface area (Å²) in [6, 6.07) is 28.9. The molecule has 162 valence electrons. The number of hydrogen-bond acceptors (Lipinski definition) is 2. The van der Waals surface area contributed by atoms with E-state index in [9.17, 15) is 4.79 Å². The van der Waals surface area contributed by atoms with Gasteiger partial charge in [0, 0.05) is 19.1 Å². The zero-order chi connectivity index (χ0) is 21.9. The van der Waals surface area contributed by atoms with Crippen LogP contribution in [0.5, 0.6) is 0 Å². The molecule has 1 aliphatic rings. The summed E-state index contributed by atoms with van der Waals surface area (Å²) in [5.74, 6) is 0. The molecule has 1 aliphatic heterocycles. The number of nitrogens with one attached hydrogen (secondary N) is 2. The van der Waals surface area contributed by atoms with E-state index in [2.05, 4.69) is 63.7 Å². The predicted octanol–water partition coefficient (Wildman–Crippen LogP) is 4.63. The van der Waals surface area contributed by atoms with Gasteiger partial charge in [-0.05, 0) is 48.3 Å². The van der Waals surface area contributed by atoms with Gasteiger partial charge in [0.2, 0.25) is 0 Å². The monoisotopic (exact) mass is 442 g/mol. The molecule has 1 aromatic heterocycles. The summed E-state index contributed by atoms with van der Waals surface area (Å²) in [4.78, 5) is 17.8. The minimum absolute atomic E-state index is 0.00106. The van der Waals surface area contributed by atoms with Crippen molar-refractivity contribution in [3.8, 4) is 0 Å². The van der Waals surface area contributed by atoms with E-state index in [1.165, 1.54) is 11.1 Å². The van der Waals surface area contributed by atoms with Crippen LogP contribution in [0.15, 0.2) is 89.7 Å². The second-order valence-corrected chi connectivity index (χ2v) is 8.63. The first-order valence-corrected chi connectivity index (χ1v) is 11.5. The molecule has 0 atom stereocenters. The van der Waals surface area contributed by atoms with E-state index in [1.807, 2.05) is 41.0 Å². The number of fused-ring (bicyclic) bond motifs is 1. The van der Waals surface area contributed by atoms with E-state index >= 15 is 0 Å². The van der Waals surface area contributed by atoms with Gasteiger partial charge in [-0.25, -0.2) is 4.79 Å². The zero-order valence-electron chi connectivity index (χ0n) is 17.8. The number of piperidine rings is 1. The number of aromatic nitrogens is 2. The van der Waals surface area contributed by atoms with Gasteiger partial charge in [-0.2, -0.15) is 0 Å². The summed E-state index contributed by atoms with van der Waals surface area (Å²) in [6.45, 7) is 1.64. The summed E-state index contributed by atoms with van der Waals surface area (Å²) in [5.41, 5.74) is 4.21. The molecule has 1 saturated heterocycles. The van der Waals surface area contributed by atoms with Crippen molar-refractivity contribution in [2.24, 2.45) is 0 Å². The van der Waals surface area contributed by atoms with Gasteiger partial charge in [0.1, 0.15) is 0 Å². The van der Waals surface area contributed by atoms with Crippen LogP contribution in [0, 0.1) is 0 Å². The van der Waals surface area contributed by atoms with Crippen LogP contribution in [0.2, 0.25) is 0 Å². The van der Waals surface area contributed by atoms with Crippen molar-refractivity contribution in [3.05, 3.63) is 107 Å². The molecule has 0 unspecified atom stereocenters. The van der Waals surface area contributed by atoms with Gasteiger partial charge in [-0.1, -0.05) is 72.8 Å². The van der Waals surface area contributed by atoms with Crippen molar-refractivity contribution in [2.45, 2.75) is 24.9 Å². The number of rotatable bonds is 4. The van der Waals surface area contributed by atoms with Gasteiger partial charge in [-0.3, -0.25) is 4.57 Å². The highest BCUT2D eigenvalue weighted by Gasteiger charge is 2.26. The van der Waals surface area contributed by atoms with E-state index in [0.29, 0.717) is 0 Å².